The first kappa shape index (κ1) is 9.93. The number of benzene rings is 1. The standard InChI is InChI=1S/C12H14N2O/c1-2-14-11(8-9-13-14)12(15)10-6-4-3-5-7-10/h3-9,12,15H,2H2,1H3. The summed E-state index contributed by atoms with van der Waals surface area (Å²) in [7, 11) is 0. The van der Waals surface area contributed by atoms with Gasteiger partial charge in [0.15, 0.2) is 0 Å². The van der Waals surface area contributed by atoms with Crippen molar-refractivity contribution in [3.63, 3.8) is 0 Å². The lowest BCUT2D eigenvalue weighted by Gasteiger charge is -2.12. The molecule has 0 saturated heterocycles. The first-order valence-electron chi connectivity index (χ1n) is 5.07. The fraction of sp³-hybridized carbons (Fsp3) is 0.250. The van der Waals surface area contributed by atoms with Crippen LogP contribution in [0.5, 0.6) is 0 Å². The van der Waals surface area contributed by atoms with Gasteiger partial charge < -0.3 is 5.11 Å². The van der Waals surface area contributed by atoms with E-state index in [1.165, 1.54) is 0 Å². The van der Waals surface area contributed by atoms with E-state index >= 15 is 0 Å². The molecule has 1 N–H and O–H groups in total. The number of aryl methyl sites for hydroxylation is 1. The SMILES string of the molecule is CCn1nccc1C(O)c1ccccc1. The number of aliphatic hydroxyl groups is 1. The summed E-state index contributed by atoms with van der Waals surface area (Å²) in [6.45, 7) is 2.78. The zero-order valence-electron chi connectivity index (χ0n) is 8.67. The van der Waals surface area contributed by atoms with Gasteiger partial charge in [-0.05, 0) is 18.6 Å². The molecule has 0 spiro atoms. The monoisotopic (exact) mass is 202 g/mol. The first-order valence-corrected chi connectivity index (χ1v) is 5.07. The number of hydrogen-bond acceptors (Lipinski definition) is 2. The molecule has 1 aromatic carbocycles. The lowest BCUT2D eigenvalue weighted by atomic mass is 10.1. The fourth-order valence-electron chi connectivity index (χ4n) is 1.65. The van der Waals surface area contributed by atoms with Crippen LogP contribution in [0.4, 0.5) is 0 Å². The molecule has 0 saturated carbocycles. The summed E-state index contributed by atoms with van der Waals surface area (Å²) in [5, 5.41) is 14.3. The van der Waals surface area contributed by atoms with Crippen molar-refractivity contribution in [2.75, 3.05) is 0 Å². The highest BCUT2D eigenvalue weighted by Crippen LogP contribution is 2.20. The Bertz CT molecular complexity index is 422. The van der Waals surface area contributed by atoms with Gasteiger partial charge in [0, 0.05) is 12.7 Å². The van der Waals surface area contributed by atoms with Gasteiger partial charge in [-0.1, -0.05) is 30.3 Å². The van der Waals surface area contributed by atoms with E-state index in [9.17, 15) is 5.11 Å². The molecule has 2 rings (SSSR count). The summed E-state index contributed by atoms with van der Waals surface area (Å²) in [4.78, 5) is 0. The normalized spacial score (nSPS) is 12.7. The summed E-state index contributed by atoms with van der Waals surface area (Å²) in [5.74, 6) is 0. The molecule has 3 nitrogen and oxygen atoms in total. The highest BCUT2D eigenvalue weighted by Gasteiger charge is 2.13. The Morgan fingerprint density at radius 2 is 2.00 bits per heavy atom. The molecule has 0 radical (unpaired) electrons. The predicted molar refractivity (Wildman–Crippen MR) is 58.4 cm³/mol. The Morgan fingerprint density at radius 3 is 2.67 bits per heavy atom. The molecule has 78 valence electrons. The Kier molecular flexibility index (Phi) is 2.83. The molecule has 0 fully saturated rings. The number of nitrogens with zero attached hydrogens (tertiary/aromatic N) is 2. The van der Waals surface area contributed by atoms with E-state index in [2.05, 4.69) is 5.10 Å². The molecular formula is C12H14N2O. The van der Waals surface area contributed by atoms with Crippen LogP contribution in [0.1, 0.15) is 24.3 Å². The summed E-state index contributed by atoms with van der Waals surface area (Å²) >= 11 is 0. The lowest BCUT2D eigenvalue weighted by Crippen LogP contribution is -2.08. The Hall–Kier alpha value is -1.61. The Balaban J connectivity index is 2.32. The van der Waals surface area contributed by atoms with Crippen molar-refractivity contribution in [1.82, 2.24) is 9.78 Å². The van der Waals surface area contributed by atoms with Crippen molar-refractivity contribution in [2.45, 2.75) is 19.6 Å². The first-order chi connectivity index (χ1) is 7.33. The summed E-state index contributed by atoms with van der Waals surface area (Å²) < 4.78 is 1.80. The second kappa shape index (κ2) is 4.28. The van der Waals surface area contributed by atoms with Crippen molar-refractivity contribution < 1.29 is 5.11 Å². The van der Waals surface area contributed by atoms with Crippen LogP contribution in [-0.4, -0.2) is 14.9 Å². The molecule has 1 heterocycles. The van der Waals surface area contributed by atoms with Crippen molar-refractivity contribution in [1.29, 1.82) is 0 Å². The van der Waals surface area contributed by atoms with Crippen LogP contribution >= 0.6 is 0 Å². The van der Waals surface area contributed by atoms with Gasteiger partial charge in [-0.15, -0.1) is 0 Å². The van der Waals surface area contributed by atoms with Crippen LogP contribution in [-0.2, 0) is 6.54 Å². The van der Waals surface area contributed by atoms with Gasteiger partial charge in [-0.25, -0.2) is 0 Å². The molecule has 0 aliphatic rings. The maximum atomic E-state index is 10.1. The summed E-state index contributed by atoms with van der Waals surface area (Å²) in [6, 6.07) is 11.5. The lowest BCUT2D eigenvalue weighted by molar-refractivity contribution is 0.208. The van der Waals surface area contributed by atoms with Crippen molar-refractivity contribution >= 4 is 0 Å². The quantitative estimate of drug-likeness (QED) is 0.826. The van der Waals surface area contributed by atoms with Crippen molar-refractivity contribution in [3.8, 4) is 0 Å². The maximum absolute atomic E-state index is 10.1. The van der Waals surface area contributed by atoms with Gasteiger partial charge in [0.1, 0.15) is 6.10 Å². The smallest absolute Gasteiger partial charge is 0.121 e. The van der Waals surface area contributed by atoms with Gasteiger partial charge in [0.05, 0.1) is 5.69 Å². The number of aromatic nitrogens is 2. The second-order valence-corrected chi connectivity index (χ2v) is 3.39. The van der Waals surface area contributed by atoms with Gasteiger partial charge in [0.25, 0.3) is 0 Å². The minimum Gasteiger partial charge on any atom is -0.382 e. The van der Waals surface area contributed by atoms with Crippen LogP contribution in [0, 0.1) is 0 Å². The molecule has 3 heteroatoms. The number of hydrogen-bond donors (Lipinski definition) is 1. The molecular weight excluding hydrogens is 188 g/mol. The molecule has 0 bridgehead atoms. The van der Waals surface area contributed by atoms with E-state index in [0.29, 0.717) is 0 Å². The third-order valence-corrected chi connectivity index (χ3v) is 2.44. The van der Waals surface area contributed by atoms with Crippen LogP contribution in [0.2, 0.25) is 0 Å². The fourth-order valence-corrected chi connectivity index (χ4v) is 1.65. The zero-order chi connectivity index (χ0) is 10.7. The Labute approximate surface area is 89.0 Å². The van der Waals surface area contributed by atoms with Crippen LogP contribution < -0.4 is 0 Å². The van der Waals surface area contributed by atoms with Gasteiger partial charge in [-0.2, -0.15) is 5.10 Å². The molecule has 0 aliphatic carbocycles. The highest BCUT2D eigenvalue weighted by molar-refractivity contribution is 5.25. The van der Waals surface area contributed by atoms with Crippen LogP contribution in [0.3, 0.4) is 0 Å². The average molecular weight is 202 g/mol. The maximum Gasteiger partial charge on any atom is 0.121 e. The molecule has 15 heavy (non-hydrogen) atoms. The minimum absolute atomic E-state index is 0.589. The topological polar surface area (TPSA) is 38.0 Å². The molecule has 1 unspecified atom stereocenters. The van der Waals surface area contributed by atoms with E-state index < -0.39 is 6.10 Å². The molecule has 2 aromatic rings. The summed E-state index contributed by atoms with van der Waals surface area (Å²) in [6.07, 6.45) is 1.12. The van der Waals surface area contributed by atoms with Gasteiger partial charge in [-0.3, -0.25) is 4.68 Å². The molecule has 1 atom stereocenters. The van der Waals surface area contributed by atoms with Crippen LogP contribution in [0.15, 0.2) is 42.6 Å². The second-order valence-electron chi connectivity index (χ2n) is 3.39. The van der Waals surface area contributed by atoms with E-state index in [-0.39, 0.29) is 0 Å². The summed E-state index contributed by atoms with van der Waals surface area (Å²) in [5.41, 5.74) is 1.73. The number of aliphatic hydroxyl groups excluding tert-OH is 1. The predicted octanol–water partition coefficient (Wildman–Crippen LogP) is 1.98. The molecule has 0 amide bonds. The molecule has 0 aliphatic heterocycles. The van der Waals surface area contributed by atoms with Crippen LogP contribution in [0.25, 0.3) is 0 Å². The molecule has 1 aromatic heterocycles. The van der Waals surface area contributed by atoms with E-state index in [1.54, 1.807) is 10.9 Å². The Morgan fingerprint density at radius 1 is 1.27 bits per heavy atom. The third kappa shape index (κ3) is 1.92. The minimum atomic E-state index is -0.589. The number of rotatable bonds is 3. The zero-order valence-corrected chi connectivity index (χ0v) is 8.67. The highest BCUT2D eigenvalue weighted by atomic mass is 16.3. The van der Waals surface area contributed by atoms with Crippen molar-refractivity contribution in [3.05, 3.63) is 53.9 Å². The van der Waals surface area contributed by atoms with E-state index in [1.807, 2.05) is 43.3 Å². The van der Waals surface area contributed by atoms with Gasteiger partial charge in [0.2, 0.25) is 0 Å². The van der Waals surface area contributed by atoms with E-state index in [0.717, 1.165) is 17.8 Å². The third-order valence-electron chi connectivity index (χ3n) is 2.44. The van der Waals surface area contributed by atoms with Gasteiger partial charge >= 0.3 is 0 Å². The van der Waals surface area contributed by atoms with E-state index in [4.69, 9.17) is 0 Å². The average Bonchev–Trinajstić information content (AvgIpc) is 2.77. The largest absolute Gasteiger partial charge is 0.382 e. The van der Waals surface area contributed by atoms with Crippen molar-refractivity contribution in [2.24, 2.45) is 0 Å².